The van der Waals surface area contributed by atoms with Crippen molar-refractivity contribution in [1.29, 1.82) is 5.26 Å². The second-order valence-corrected chi connectivity index (χ2v) is 5.82. The maximum atomic E-state index is 12.0. The van der Waals surface area contributed by atoms with Gasteiger partial charge in [-0.2, -0.15) is 5.26 Å². The number of carbonyl (C=O) groups excluding carboxylic acids is 1. The van der Waals surface area contributed by atoms with Crippen LogP contribution in [0.4, 0.5) is 0 Å². The van der Waals surface area contributed by atoms with Gasteiger partial charge in [-0.3, -0.25) is 9.69 Å². The van der Waals surface area contributed by atoms with Gasteiger partial charge in [0.2, 0.25) is 0 Å². The molecular weight excluding hydrogens is 278 g/mol. The van der Waals surface area contributed by atoms with E-state index in [1.165, 1.54) is 0 Å². The first-order valence-electron chi connectivity index (χ1n) is 7.74. The highest BCUT2D eigenvalue weighted by molar-refractivity contribution is 5.94. The molecule has 0 radical (unpaired) electrons. The van der Waals surface area contributed by atoms with Crippen LogP contribution in [0, 0.1) is 11.3 Å². The van der Waals surface area contributed by atoms with Crippen molar-refractivity contribution in [3.8, 4) is 6.07 Å². The highest BCUT2D eigenvalue weighted by atomic mass is 16.5. The summed E-state index contributed by atoms with van der Waals surface area (Å²) < 4.78 is 5.70. The molecule has 0 aliphatic carbocycles. The highest BCUT2D eigenvalue weighted by Crippen LogP contribution is 2.10. The molecule has 2 rings (SSSR count). The number of nitrogens with zero attached hydrogens (tertiary/aromatic N) is 2. The van der Waals surface area contributed by atoms with Gasteiger partial charge in [-0.1, -0.05) is 0 Å². The van der Waals surface area contributed by atoms with Crippen LogP contribution in [0.3, 0.4) is 0 Å². The summed E-state index contributed by atoms with van der Waals surface area (Å²) in [7, 11) is 0. The largest absolute Gasteiger partial charge is 0.373 e. The van der Waals surface area contributed by atoms with E-state index in [1.807, 2.05) is 6.07 Å². The number of rotatable bonds is 5. The van der Waals surface area contributed by atoms with Crippen molar-refractivity contribution in [3.63, 3.8) is 0 Å². The smallest absolute Gasteiger partial charge is 0.251 e. The highest BCUT2D eigenvalue weighted by Gasteiger charge is 2.21. The third-order valence-electron chi connectivity index (χ3n) is 3.71. The topological polar surface area (TPSA) is 65.4 Å². The zero-order chi connectivity index (χ0) is 15.9. The molecule has 5 heteroatoms. The number of amides is 1. The van der Waals surface area contributed by atoms with Crippen LogP contribution in [0.15, 0.2) is 24.3 Å². The fourth-order valence-corrected chi connectivity index (χ4v) is 2.77. The molecule has 2 atom stereocenters. The molecule has 0 unspecified atom stereocenters. The van der Waals surface area contributed by atoms with Gasteiger partial charge in [-0.05, 0) is 44.5 Å². The van der Waals surface area contributed by atoms with Gasteiger partial charge in [0.05, 0.1) is 23.8 Å². The zero-order valence-electron chi connectivity index (χ0n) is 13.2. The number of carbonyl (C=O) groups is 1. The SMILES string of the molecule is C[C@@H]1CN(CCCNC(=O)c2ccc(C#N)cc2)C[C@@H](C)O1. The van der Waals surface area contributed by atoms with Crippen LogP contribution < -0.4 is 5.32 Å². The number of ether oxygens (including phenoxy) is 1. The summed E-state index contributed by atoms with van der Waals surface area (Å²) >= 11 is 0. The lowest BCUT2D eigenvalue weighted by Crippen LogP contribution is -2.46. The van der Waals surface area contributed by atoms with Crippen LogP contribution in [0.2, 0.25) is 0 Å². The standard InChI is InChI=1S/C17H23N3O2/c1-13-11-20(12-14(2)22-13)9-3-8-19-17(21)16-6-4-15(10-18)5-7-16/h4-7,13-14H,3,8-9,11-12H2,1-2H3,(H,19,21)/t13-,14-/m1/s1. The van der Waals surface area contributed by atoms with Crippen molar-refractivity contribution in [1.82, 2.24) is 10.2 Å². The second-order valence-electron chi connectivity index (χ2n) is 5.82. The van der Waals surface area contributed by atoms with E-state index in [4.69, 9.17) is 10.00 Å². The molecule has 0 spiro atoms. The summed E-state index contributed by atoms with van der Waals surface area (Å²) in [6, 6.07) is 8.72. The summed E-state index contributed by atoms with van der Waals surface area (Å²) in [5, 5.41) is 11.7. The van der Waals surface area contributed by atoms with Gasteiger partial charge in [0, 0.05) is 31.7 Å². The summed E-state index contributed by atoms with van der Waals surface area (Å²) in [6.45, 7) is 7.71. The normalized spacial score (nSPS) is 22.0. The van der Waals surface area contributed by atoms with E-state index in [2.05, 4.69) is 24.1 Å². The van der Waals surface area contributed by atoms with Crippen molar-refractivity contribution in [2.45, 2.75) is 32.5 Å². The van der Waals surface area contributed by atoms with Gasteiger partial charge in [0.25, 0.3) is 5.91 Å². The second kappa shape index (κ2) is 7.92. The van der Waals surface area contributed by atoms with Crippen LogP contribution in [0.25, 0.3) is 0 Å². The molecule has 0 bridgehead atoms. The van der Waals surface area contributed by atoms with Crippen LogP contribution in [0.5, 0.6) is 0 Å². The van der Waals surface area contributed by atoms with E-state index < -0.39 is 0 Å². The Hall–Kier alpha value is -1.90. The van der Waals surface area contributed by atoms with E-state index in [-0.39, 0.29) is 18.1 Å². The first kappa shape index (κ1) is 16.5. The lowest BCUT2D eigenvalue weighted by molar-refractivity contribution is -0.0679. The monoisotopic (exact) mass is 301 g/mol. The Kier molecular flexibility index (Phi) is 5.93. The van der Waals surface area contributed by atoms with Crippen molar-refractivity contribution in [2.24, 2.45) is 0 Å². The molecule has 1 N–H and O–H groups in total. The minimum atomic E-state index is -0.0896. The molecule has 1 heterocycles. The molecule has 0 saturated carbocycles. The Morgan fingerprint density at radius 3 is 2.55 bits per heavy atom. The fraction of sp³-hybridized carbons (Fsp3) is 0.529. The van der Waals surface area contributed by atoms with Gasteiger partial charge in [-0.15, -0.1) is 0 Å². The minimum absolute atomic E-state index is 0.0896. The van der Waals surface area contributed by atoms with Crippen LogP contribution in [-0.2, 0) is 4.74 Å². The molecule has 1 aromatic rings. The van der Waals surface area contributed by atoms with Crippen molar-refractivity contribution in [2.75, 3.05) is 26.2 Å². The lowest BCUT2D eigenvalue weighted by Gasteiger charge is -2.35. The van der Waals surface area contributed by atoms with Gasteiger partial charge >= 0.3 is 0 Å². The molecule has 1 amide bonds. The molecule has 22 heavy (non-hydrogen) atoms. The predicted octanol–water partition coefficient (Wildman–Crippen LogP) is 1.79. The van der Waals surface area contributed by atoms with E-state index in [1.54, 1.807) is 24.3 Å². The van der Waals surface area contributed by atoms with Gasteiger partial charge in [0.15, 0.2) is 0 Å². The summed E-state index contributed by atoms with van der Waals surface area (Å²) in [4.78, 5) is 14.4. The molecular formula is C17H23N3O2. The van der Waals surface area contributed by atoms with Crippen molar-refractivity contribution in [3.05, 3.63) is 35.4 Å². The quantitative estimate of drug-likeness (QED) is 0.842. The minimum Gasteiger partial charge on any atom is -0.373 e. The average molecular weight is 301 g/mol. The van der Waals surface area contributed by atoms with E-state index in [9.17, 15) is 4.79 Å². The van der Waals surface area contributed by atoms with Crippen LogP contribution in [0.1, 0.15) is 36.2 Å². The number of nitriles is 1. The number of benzene rings is 1. The van der Waals surface area contributed by atoms with Crippen LogP contribution >= 0.6 is 0 Å². The van der Waals surface area contributed by atoms with Crippen molar-refractivity contribution >= 4 is 5.91 Å². The Labute approximate surface area is 131 Å². The molecule has 118 valence electrons. The average Bonchev–Trinajstić information content (AvgIpc) is 2.50. The third-order valence-corrected chi connectivity index (χ3v) is 3.71. The summed E-state index contributed by atoms with van der Waals surface area (Å²) in [5.41, 5.74) is 1.15. The molecule has 1 aromatic carbocycles. The third kappa shape index (κ3) is 4.83. The number of nitrogens with one attached hydrogen (secondary N) is 1. The zero-order valence-corrected chi connectivity index (χ0v) is 13.2. The van der Waals surface area contributed by atoms with E-state index in [0.717, 1.165) is 26.1 Å². The molecule has 5 nitrogen and oxygen atoms in total. The first-order chi connectivity index (χ1) is 10.6. The Balaban J connectivity index is 1.69. The molecule has 0 aromatic heterocycles. The summed E-state index contributed by atoms with van der Waals surface area (Å²) in [5.74, 6) is -0.0896. The maximum Gasteiger partial charge on any atom is 0.251 e. The maximum absolute atomic E-state index is 12.0. The van der Waals surface area contributed by atoms with Crippen molar-refractivity contribution < 1.29 is 9.53 Å². The number of hydrogen-bond donors (Lipinski definition) is 1. The Morgan fingerprint density at radius 2 is 1.95 bits per heavy atom. The van der Waals surface area contributed by atoms with Gasteiger partial charge in [0.1, 0.15) is 0 Å². The van der Waals surface area contributed by atoms with Gasteiger partial charge < -0.3 is 10.1 Å². The number of morpholine rings is 1. The van der Waals surface area contributed by atoms with Gasteiger partial charge in [-0.25, -0.2) is 0 Å². The Morgan fingerprint density at radius 1 is 1.32 bits per heavy atom. The summed E-state index contributed by atoms with van der Waals surface area (Å²) in [6.07, 6.45) is 1.47. The predicted molar refractivity (Wildman–Crippen MR) is 84.6 cm³/mol. The fourth-order valence-electron chi connectivity index (χ4n) is 2.77. The molecule has 1 aliphatic heterocycles. The Bertz CT molecular complexity index is 526. The molecule has 1 fully saturated rings. The lowest BCUT2D eigenvalue weighted by atomic mass is 10.1. The first-order valence-corrected chi connectivity index (χ1v) is 7.74. The molecule has 1 aliphatic rings. The van der Waals surface area contributed by atoms with E-state index in [0.29, 0.717) is 17.7 Å². The van der Waals surface area contributed by atoms with Crippen LogP contribution in [-0.4, -0.2) is 49.2 Å². The number of hydrogen-bond acceptors (Lipinski definition) is 4. The van der Waals surface area contributed by atoms with E-state index >= 15 is 0 Å². The molecule has 1 saturated heterocycles.